The van der Waals surface area contributed by atoms with Crippen LogP contribution in [-0.2, 0) is 33.4 Å². The molecule has 1 amide bonds. The molecule has 2 unspecified atom stereocenters. The van der Waals surface area contributed by atoms with Gasteiger partial charge in [0.1, 0.15) is 31.5 Å². The average molecular weight is 958 g/mol. The standard InChI is InChI=1S/C20H23NO4.C12H22N2O4.C10H9F5.C10H14/c1-4-20(2,3)19(23)25-14-13-24-18(22)17(15-21)12-8-11-16-9-6-5-7-10-16;1-6-12(4,5)10(15)17-8-7-13-11(16)18-14-9(2)3;1-3-4(2)5-6(11)8(13)10(15)9(14)7(5)12;1-3-9(2)10-7-5-4-6-8-10/h5-12H,4,13-14H2,1-3H3;6-8H2,1-5H3,(H,13,16);4H,3H2,1-2H3;4-9H,3H2,1-2H3/b11-8+,17-12+;;;. The molecule has 3 rings (SSSR count). The van der Waals surface area contributed by atoms with Crippen molar-refractivity contribution in [2.75, 3.05) is 26.4 Å². The van der Waals surface area contributed by atoms with Gasteiger partial charge in [0.05, 0.1) is 23.1 Å². The fourth-order valence-electron chi connectivity index (χ4n) is 4.73. The van der Waals surface area contributed by atoms with E-state index in [1.54, 1.807) is 52.8 Å². The van der Waals surface area contributed by atoms with Crippen molar-refractivity contribution in [2.24, 2.45) is 16.0 Å². The molecule has 0 aliphatic carbocycles. The number of nitrogens with zero attached hydrogens (tertiary/aromatic N) is 2. The molecular formula is C52H68F5N3O8. The predicted octanol–water partition coefficient (Wildman–Crippen LogP) is 12.9. The van der Waals surface area contributed by atoms with E-state index in [2.05, 4.69) is 59.5 Å². The van der Waals surface area contributed by atoms with Crippen molar-refractivity contribution in [3.05, 3.63) is 124 Å². The highest BCUT2D eigenvalue weighted by Gasteiger charge is 2.29. The number of amides is 1. The lowest BCUT2D eigenvalue weighted by atomic mass is 9.91. The van der Waals surface area contributed by atoms with Gasteiger partial charge in [-0.15, -0.1) is 0 Å². The van der Waals surface area contributed by atoms with Gasteiger partial charge in [0.25, 0.3) is 0 Å². The first-order valence-electron chi connectivity index (χ1n) is 22.3. The van der Waals surface area contributed by atoms with E-state index in [1.807, 2.05) is 58.0 Å². The van der Waals surface area contributed by atoms with Crippen molar-refractivity contribution in [1.82, 2.24) is 5.32 Å². The quantitative estimate of drug-likeness (QED) is 0.0107. The maximum atomic E-state index is 13.1. The molecule has 0 bridgehead atoms. The van der Waals surface area contributed by atoms with Crippen LogP contribution in [0.1, 0.15) is 137 Å². The van der Waals surface area contributed by atoms with Crippen molar-refractivity contribution in [3.63, 3.8) is 0 Å². The van der Waals surface area contributed by atoms with Crippen LogP contribution in [0.5, 0.6) is 0 Å². The molecule has 16 heteroatoms. The van der Waals surface area contributed by atoms with Crippen LogP contribution in [0.4, 0.5) is 26.7 Å². The van der Waals surface area contributed by atoms with Gasteiger partial charge < -0.3 is 19.5 Å². The number of nitrogens with one attached hydrogen (secondary N) is 1. The number of carbonyl (C=O) groups is 4. The smallest absolute Gasteiger partial charge is 0.433 e. The summed E-state index contributed by atoms with van der Waals surface area (Å²) in [6.45, 7) is 22.1. The van der Waals surface area contributed by atoms with Crippen LogP contribution in [0.15, 0.2) is 83.5 Å². The molecule has 0 saturated carbocycles. The number of esters is 3. The third-order valence-electron chi connectivity index (χ3n) is 10.4. The van der Waals surface area contributed by atoms with E-state index in [4.69, 9.17) is 19.5 Å². The summed E-state index contributed by atoms with van der Waals surface area (Å²) in [5, 5.41) is 14.9. The molecular weight excluding hydrogens is 890 g/mol. The Bertz CT molecular complexity index is 2140. The lowest BCUT2D eigenvalue weighted by Crippen LogP contribution is -2.31. The van der Waals surface area contributed by atoms with Crippen LogP contribution in [-0.4, -0.2) is 56.1 Å². The van der Waals surface area contributed by atoms with E-state index >= 15 is 0 Å². The summed E-state index contributed by atoms with van der Waals surface area (Å²) >= 11 is 0. The number of carbonyl (C=O) groups excluding carboxylic acids is 4. The van der Waals surface area contributed by atoms with Crippen LogP contribution < -0.4 is 5.32 Å². The van der Waals surface area contributed by atoms with Gasteiger partial charge >= 0.3 is 24.0 Å². The maximum absolute atomic E-state index is 13.1. The second kappa shape index (κ2) is 32.4. The van der Waals surface area contributed by atoms with Crippen LogP contribution in [0.3, 0.4) is 0 Å². The number of allylic oxidation sites excluding steroid dienone is 2. The number of hydrogen-bond donors (Lipinski definition) is 1. The molecule has 3 aromatic carbocycles. The summed E-state index contributed by atoms with van der Waals surface area (Å²) in [5.41, 5.74) is 1.12. The third kappa shape index (κ3) is 22.9. The van der Waals surface area contributed by atoms with Crippen molar-refractivity contribution in [3.8, 4) is 6.07 Å². The Morgan fingerprint density at radius 1 is 0.691 bits per heavy atom. The molecule has 0 saturated heterocycles. The third-order valence-corrected chi connectivity index (χ3v) is 10.4. The Morgan fingerprint density at radius 3 is 1.60 bits per heavy atom. The number of benzene rings is 3. The number of nitriles is 1. The second-order valence-electron chi connectivity index (χ2n) is 16.7. The highest BCUT2D eigenvalue weighted by Crippen LogP contribution is 2.30. The van der Waals surface area contributed by atoms with E-state index in [1.165, 1.54) is 25.0 Å². The van der Waals surface area contributed by atoms with Crippen molar-refractivity contribution >= 4 is 35.8 Å². The topological polar surface area (TPSA) is 153 Å². The number of hydrogen-bond acceptors (Lipinski definition) is 10. The van der Waals surface area contributed by atoms with Crippen molar-refractivity contribution in [2.45, 2.75) is 121 Å². The minimum Gasteiger partial charge on any atom is -0.463 e. The molecule has 0 aliphatic rings. The van der Waals surface area contributed by atoms with Crippen LogP contribution in [0.25, 0.3) is 6.08 Å². The van der Waals surface area contributed by atoms with E-state index < -0.39 is 63.5 Å². The predicted molar refractivity (Wildman–Crippen MR) is 254 cm³/mol. The highest BCUT2D eigenvalue weighted by molar-refractivity contribution is 5.93. The first-order valence-corrected chi connectivity index (χ1v) is 22.3. The summed E-state index contributed by atoms with van der Waals surface area (Å²) in [5.74, 6) is -10.7. The van der Waals surface area contributed by atoms with Gasteiger partial charge in [-0.2, -0.15) is 5.26 Å². The highest BCUT2D eigenvalue weighted by atomic mass is 19.2. The summed E-state index contributed by atoms with van der Waals surface area (Å²) in [7, 11) is 0. The molecule has 0 fully saturated rings. The van der Waals surface area contributed by atoms with Crippen molar-refractivity contribution < 1.29 is 60.2 Å². The molecule has 3 aromatic rings. The molecule has 0 aliphatic heterocycles. The zero-order valence-electron chi connectivity index (χ0n) is 41.4. The normalized spacial score (nSPS) is 11.9. The second-order valence-corrected chi connectivity index (χ2v) is 16.7. The van der Waals surface area contributed by atoms with E-state index in [9.17, 15) is 41.1 Å². The fraction of sp³-hybridized carbons (Fsp3) is 0.462. The minimum atomic E-state index is -2.11. The largest absolute Gasteiger partial charge is 0.463 e. The lowest BCUT2D eigenvalue weighted by Gasteiger charge is -2.20. The van der Waals surface area contributed by atoms with Crippen molar-refractivity contribution in [1.29, 1.82) is 5.26 Å². The zero-order chi connectivity index (χ0) is 52.0. The van der Waals surface area contributed by atoms with Gasteiger partial charge in [-0.3, -0.25) is 14.4 Å². The number of ether oxygens (including phenoxy) is 3. The fourth-order valence-corrected chi connectivity index (χ4v) is 4.73. The molecule has 0 radical (unpaired) electrons. The Labute approximate surface area is 398 Å². The first kappa shape index (κ1) is 61.6. The maximum Gasteiger partial charge on any atom is 0.433 e. The van der Waals surface area contributed by atoms with Crippen LogP contribution in [0, 0.1) is 51.2 Å². The van der Waals surface area contributed by atoms with Crippen LogP contribution >= 0.6 is 0 Å². The Morgan fingerprint density at radius 2 is 1.15 bits per heavy atom. The van der Waals surface area contributed by atoms with Gasteiger partial charge in [0.2, 0.25) is 5.82 Å². The van der Waals surface area contributed by atoms with Gasteiger partial charge in [0.15, 0.2) is 23.3 Å². The Hall–Kier alpha value is -6.37. The molecule has 2 atom stereocenters. The molecule has 0 aromatic heterocycles. The number of oxime groups is 1. The minimum absolute atomic E-state index is 0.0352. The Kier molecular flexibility index (Phi) is 29.3. The summed E-state index contributed by atoms with van der Waals surface area (Å²) in [6.07, 6.45) is 6.98. The molecule has 68 heavy (non-hydrogen) atoms. The zero-order valence-corrected chi connectivity index (χ0v) is 41.4. The number of rotatable bonds is 18. The molecule has 11 nitrogen and oxygen atoms in total. The number of halogens is 5. The van der Waals surface area contributed by atoms with E-state index in [-0.39, 0.29) is 43.9 Å². The summed E-state index contributed by atoms with van der Waals surface area (Å²) in [6, 6.07) is 21.9. The molecule has 374 valence electrons. The van der Waals surface area contributed by atoms with Gasteiger partial charge in [-0.25, -0.2) is 31.5 Å². The van der Waals surface area contributed by atoms with E-state index in [0.717, 1.165) is 5.56 Å². The molecule has 1 N–H and O–H groups in total. The summed E-state index contributed by atoms with van der Waals surface area (Å²) in [4.78, 5) is 50.7. The monoisotopic (exact) mass is 957 g/mol. The first-order chi connectivity index (χ1) is 31.9. The van der Waals surface area contributed by atoms with Gasteiger partial charge in [0, 0.05) is 5.56 Å². The van der Waals surface area contributed by atoms with Crippen LogP contribution in [0.2, 0.25) is 0 Å². The average Bonchev–Trinajstić information content (AvgIpc) is 3.34. The lowest BCUT2D eigenvalue weighted by molar-refractivity contribution is -0.158. The molecule has 0 spiro atoms. The summed E-state index contributed by atoms with van der Waals surface area (Å²) < 4.78 is 79.4. The Balaban J connectivity index is 0.000000922. The van der Waals surface area contributed by atoms with Gasteiger partial charge in [-0.1, -0.05) is 120 Å². The van der Waals surface area contributed by atoms with Gasteiger partial charge in [-0.05, 0) is 96.3 Å². The molecule has 0 heterocycles. The SMILES string of the molecule is CCC(C)(C)C(=O)OCCNC(=O)ON=C(C)C.CCC(C)(C)C(=O)OCCOC(=O)/C(C#N)=C/C=C/c1ccccc1.CCC(C)c1c(F)c(F)c(F)c(F)c1F.CCC(C)c1ccccc1. The van der Waals surface area contributed by atoms with E-state index in [0.29, 0.717) is 30.9 Å².